The number of pyridine rings is 1. The maximum Gasteiger partial charge on any atom is 0.339 e. The number of thiophene rings is 1. The van der Waals surface area contributed by atoms with Crippen LogP contribution in [0, 0.1) is 11.3 Å². The summed E-state index contributed by atoms with van der Waals surface area (Å²) in [5, 5.41) is 5.44. The molecule has 0 saturated heterocycles. The van der Waals surface area contributed by atoms with E-state index in [9.17, 15) is 14.4 Å². The van der Waals surface area contributed by atoms with E-state index in [0.29, 0.717) is 34.1 Å². The maximum absolute atomic E-state index is 13.7. The Balaban J connectivity index is 1.48. The summed E-state index contributed by atoms with van der Waals surface area (Å²) in [6.07, 6.45) is 3.71. The third-order valence-corrected chi connectivity index (χ3v) is 8.11. The minimum absolute atomic E-state index is 0.00297. The van der Waals surface area contributed by atoms with Crippen molar-refractivity contribution in [2.24, 2.45) is 17.1 Å². The second-order valence-electron chi connectivity index (χ2n) is 11.1. The summed E-state index contributed by atoms with van der Waals surface area (Å²) in [7, 11) is 0. The van der Waals surface area contributed by atoms with E-state index in [4.69, 9.17) is 15.5 Å². The summed E-state index contributed by atoms with van der Waals surface area (Å²) >= 11 is 1.67. The molecular formula is C32H31N3O4S. The van der Waals surface area contributed by atoms with Gasteiger partial charge in [-0.3, -0.25) is 9.59 Å². The van der Waals surface area contributed by atoms with Crippen LogP contribution < -0.4 is 11.1 Å². The monoisotopic (exact) mass is 553 g/mol. The minimum atomic E-state index is -0.556. The molecule has 0 bridgehead atoms. The average Bonchev–Trinajstić information content (AvgIpc) is 3.43. The summed E-state index contributed by atoms with van der Waals surface area (Å²) < 4.78 is 5.59. The van der Waals surface area contributed by atoms with Gasteiger partial charge in [-0.2, -0.15) is 0 Å². The van der Waals surface area contributed by atoms with Gasteiger partial charge in [-0.05, 0) is 83.2 Å². The molecule has 8 heteroatoms. The third kappa shape index (κ3) is 5.82. The quantitative estimate of drug-likeness (QED) is 0.271. The van der Waals surface area contributed by atoms with Crippen molar-refractivity contribution in [3.63, 3.8) is 0 Å². The molecule has 2 aromatic carbocycles. The van der Waals surface area contributed by atoms with E-state index >= 15 is 0 Å². The molecule has 1 aliphatic rings. The number of ether oxygens (including phenoxy) is 1. The fourth-order valence-corrected chi connectivity index (χ4v) is 5.71. The summed E-state index contributed by atoms with van der Waals surface area (Å²) in [5.74, 6) is -1.31. The predicted octanol–water partition coefficient (Wildman–Crippen LogP) is 6.34. The summed E-state index contributed by atoms with van der Waals surface area (Å²) in [5.41, 5.74) is 10.0. The fourth-order valence-electron chi connectivity index (χ4n) is 5.03. The highest BCUT2D eigenvalue weighted by Gasteiger charge is 2.35. The predicted molar refractivity (Wildman–Crippen MR) is 159 cm³/mol. The van der Waals surface area contributed by atoms with Gasteiger partial charge < -0.3 is 15.8 Å². The lowest BCUT2D eigenvalue weighted by atomic mass is 9.69. The Bertz CT molecular complexity index is 1620. The van der Waals surface area contributed by atoms with Crippen molar-refractivity contribution in [1.82, 2.24) is 4.98 Å². The van der Waals surface area contributed by atoms with Gasteiger partial charge in [-0.1, -0.05) is 45.0 Å². The number of rotatable bonds is 6. The number of allylic oxidation sites excluding steroid dienone is 1. The van der Waals surface area contributed by atoms with E-state index in [1.165, 1.54) is 12.1 Å². The third-order valence-electron chi connectivity index (χ3n) is 7.29. The normalized spacial score (nSPS) is 16.0. The molecule has 2 amide bonds. The SMILES string of the molecule is CC(C)(C)[C@@H]1C/C(=C\c2cccs2)c2nc3ccccc3c(C(=O)OCC(=O)Nc3ccc(C(N)=O)cc3)c2C1. The van der Waals surface area contributed by atoms with Crippen molar-refractivity contribution < 1.29 is 19.1 Å². The lowest BCUT2D eigenvalue weighted by molar-refractivity contribution is -0.119. The van der Waals surface area contributed by atoms with Crippen molar-refractivity contribution in [1.29, 1.82) is 0 Å². The summed E-state index contributed by atoms with van der Waals surface area (Å²) in [6, 6.07) is 17.8. The van der Waals surface area contributed by atoms with Gasteiger partial charge in [0.25, 0.3) is 5.91 Å². The number of anilines is 1. The second-order valence-corrected chi connectivity index (χ2v) is 12.0. The highest BCUT2D eigenvalue weighted by molar-refractivity contribution is 7.10. The molecular weight excluding hydrogens is 522 g/mol. The Morgan fingerprint density at radius 2 is 1.80 bits per heavy atom. The average molecular weight is 554 g/mol. The Hall–Kier alpha value is -4.30. The highest BCUT2D eigenvalue weighted by Crippen LogP contribution is 2.45. The van der Waals surface area contributed by atoms with Gasteiger partial charge in [-0.15, -0.1) is 11.3 Å². The molecule has 2 aromatic heterocycles. The molecule has 204 valence electrons. The van der Waals surface area contributed by atoms with Gasteiger partial charge in [0, 0.05) is 21.5 Å². The lowest BCUT2D eigenvalue weighted by Gasteiger charge is -2.36. The summed E-state index contributed by atoms with van der Waals surface area (Å²) in [6.45, 7) is 6.21. The number of primary amides is 1. The van der Waals surface area contributed by atoms with Crippen molar-refractivity contribution in [2.75, 3.05) is 11.9 Å². The first-order valence-electron chi connectivity index (χ1n) is 13.1. The number of carbonyl (C=O) groups is 3. The number of hydrogen-bond donors (Lipinski definition) is 2. The largest absolute Gasteiger partial charge is 0.452 e. The van der Waals surface area contributed by atoms with E-state index in [0.717, 1.165) is 28.1 Å². The van der Waals surface area contributed by atoms with Crippen LogP contribution in [0.15, 0.2) is 66.0 Å². The number of aromatic nitrogens is 1. The van der Waals surface area contributed by atoms with E-state index in [-0.39, 0.29) is 11.3 Å². The van der Waals surface area contributed by atoms with Gasteiger partial charge in [0.2, 0.25) is 5.91 Å². The number of benzene rings is 2. The number of carbonyl (C=O) groups excluding carboxylic acids is 3. The van der Waals surface area contributed by atoms with Crippen LogP contribution in [0.3, 0.4) is 0 Å². The first-order chi connectivity index (χ1) is 19.1. The second kappa shape index (κ2) is 11.1. The zero-order valence-corrected chi connectivity index (χ0v) is 23.5. The first kappa shape index (κ1) is 27.3. The lowest BCUT2D eigenvalue weighted by Crippen LogP contribution is -2.29. The number of amides is 2. The number of nitrogens with two attached hydrogens (primary N) is 1. The Labute approximate surface area is 237 Å². The van der Waals surface area contributed by atoms with Crippen LogP contribution in [-0.2, 0) is 16.0 Å². The number of hydrogen-bond acceptors (Lipinski definition) is 6. The molecule has 3 N–H and O–H groups in total. The van der Waals surface area contributed by atoms with E-state index in [2.05, 4.69) is 38.2 Å². The van der Waals surface area contributed by atoms with Crippen molar-refractivity contribution in [3.05, 3.63) is 93.3 Å². The van der Waals surface area contributed by atoms with Gasteiger partial charge in [0.1, 0.15) is 0 Å². The number of nitrogens with one attached hydrogen (secondary N) is 1. The maximum atomic E-state index is 13.7. The zero-order valence-electron chi connectivity index (χ0n) is 22.7. The molecule has 7 nitrogen and oxygen atoms in total. The van der Waals surface area contributed by atoms with Crippen LogP contribution in [-0.4, -0.2) is 29.4 Å². The molecule has 1 atom stereocenters. The molecule has 0 spiro atoms. The number of esters is 1. The molecule has 4 aromatic rings. The Kier molecular flexibility index (Phi) is 7.54. The topological polar surface area (TPSA) is 111 Å². The molecule has 0 aliphatic heterocycles. The van der Waals surface area contributed by atoms with Crippen molar-refractivity contribution >= 4 is 57.4 Å². The molecule has 1 aliphatic carbocycles. The standard InChI is InChI=1S/C32H31N3O4S/c1-32(2,3)21-15-20(16-23-7-6-14-40-23)29-25(17-21)28(24-8-4-5-9-26(24)35-29)31(38)39-18-27(36)34-22-12-10-19(11-13-22)30(33)37/h4-14,16,21H,15,17-18H2,1-3H3,(H2,33,37)(H,34,36)/b20-16+/t21-/m1/s1. The van der Waals surface area contributed by atoms with Crippen LogP contribution >= 0.6 is 11.3 Å². The number of nitrogens with zero attached hydrogens (tertiary/aromatic N) is 1. The van der Waals surface area contributed by atoms with Crippen LogP contribution in [0.1, 0.15) is 64.0 Å². The zero-order chi connectivity index (χ0) is 28.4. The molecule has 0 fully saturated rings. The van der Waals surface area contributed by atoms with Gasteiger partial charge in [0.05, 0.1) is 16.8 Å². The van der Waals surface area contributed by atoms with Gasteiger partial charge >= 0.3 is 5.97 Å². The number of fused-ring (bicyclic) bond motifs is 2. The van der Waals surface area contributed by atoms with Crippen LogP contribution in [0.25, 0.3) is 22.6 Å². The smallest absolute Gasteiger partial charge is 0.339 e. The van der Waals surface area contributed by atoms with Crippen molar-refractivity contribution in [3.8, 4) is 0 Å². The fraction of sp³-hybridized carbons (Fsp3) is 0.250. The molecule has 40 heavy (non-hydrogen) atoms. The number of para-hydroxylation sites is 1. The van der Waals surface area contributed by atoms with E-state index in [1.807, 2.05) is 35.7 Å². The summed E-state index contributed by atoms with van der Waals surface area (Å²) in [4.78, 5) is 43.8. The Morgan fingerprint density at radius 1 is 1.05 bits per heavy atom. The first-order valence-corrected chi connectivity index (χ1v) is 14.0. The molecule has 0 saturated carbocycles. The van der Waals surface area contributed by atoms with Crippen LogP contribution in [0.4, 0.5) is 5.69 Å². The Morgan fingerprint density at radius 3 is 2.48 bits per heavy atom. The van der Waals surface area contributed by atoms with Crippen molar-refractivity contribution in [2.45, 2.75) is 33.6 Å². The van der Waals surface area contributed by atoms with E-state index in [1.54, 1.807) is 23.5 Å². The van der Waals surface area contributed by atoms with E-state index < -0.39 is 24.4 Å². The highest BCUT2D eigenvalue weighted by atomic mass is 32.1. The van der Waals surface area contributed by atoms with Gasteiger partial charge in [-0.25, -0.2) is 9.78 Å². The van der Waals surface area contributed by atoms with Gasteiger partial charge in [0.15, 0.2) is 6.61 Å². The minimum Gasteiger partial charge on any atom is -0.452 e. The van der Waals surface area contributed by atoms with Crippen LogP contribution in [0.5, 0.6) is 0 Å². The molecule has 0 unspecified atom stereocenters. The molecule has 5 rings (SSSR count). The molecule has 0 radical (unpaired) electrons. The molecule has 2 heterocycles. The van der Waals surface area contributed by atoms with Crippen LogP contribution in [0.2, 0.25) is 0 Å².